The van der Waals surface area contributed by atoms with Crippen molar-refractivity contribution < 1.29 is 14.6 Å². The largest absolute Gasteiger partial charge is 0.390 e. The van der Waals surface area contributed by atoms with E-state index in [9.17, 15) is 9.90 Å². The monoisotopic (exact) mass is 400 g/mol. The molecule has 29 heavy (non-hydrogen) atoms. The van der Waals surface area contributed by atoms with E-state index in [0.29, 0.717) is 38.3 Å². The molecule has 0 spiro atoms. The summed E-state index contributed by atoms with van der Waals surface area (Å²) in [5, 5.41) is 22.9. The van der Waals surface area contributed by atoms with Gasteiger partial charge in [-0.25, -0.2) is 0 Å². The maximum Gasteiger partial charge on any atom is 0.272 e. The molecule has 2 saturated heterocycles. The molecule has 158 valence electrons. The number of aliphatic hydroxyl groups is 1. The number of nitrogens with one attached hydrogen (secondary N) is 2. The van der Waals surface area contributed by atoms with Gasteiger partial charge in [0.25, 0.3) is 5.91 Å². The van der Waals surface area contributed by atoms with Crippen molar-refractivity contribution in [1.82, 2.24) is 20.4 Å². The Morgan fingerprint density at radius 1 is 1.34 bits per heavy atom. The van der Waals surface area contributed by atoms with E-state index in [1.807, 2.05) is 28.9 Å². The first kappa shape index (κ1) is 20.3. The van der Waals surface area contributed by atoms with E-state index < -0.39 is 5.60 Å². The molecule has 0 radical (unpaired) electrons. The van der Waals surface area contributed by atoms with Gasteiger partial charge in [-0.3, -0.25) is 9.48 Å². The summed E-state index contributed by atoms with van der Waals surface area (Å²) in [6.07, 6.45) is 4.00. The zero-order chi connectivity index (χ0) is 20.4. The van der Waals surface area contributed by atoms with E-state index in [4.69, 9.17) is 4.74 Å². The lowest BCUT2D eigenvalue weighted by Crippen LogP contribution is -2.52. The van der Waals surface area contributed by atoms with Gasteiger partial charge in [-0.2, -0.15) is 5.10 Å². The fourth-order valence-electron chi connectivity index (χ4n) is 4.53. The van der Waals surface area contributed by atoms with Gasteiger partial charge in [0.05, 0.1) is 11.1 Å². The van der Waals surface area contributed by atoms with Crippen LogP contribution in [-0.2, 0) is 4.74 Å². The van der Waals surface area contributed by atoms with Crippen LogP contribution >= 0.6 is 0 Å². The van der Waals surface area contributed by atoms with E-state index in [-0.39, 0.29) is 24.0 Å². The smallest absolute Gasteiger partial charge is 0.272 e. The molecule has 4 rings (SSSR count). The minimum absolute atomic E-state index is 0.0750. The van der Waals surface area contributed by atoms with Crippen molar-refractivity contribution in [2.75, 3.05) is 19.8 Å². The average Bonchev–Trinajstić information content (AvgIpc) is 3.10. The van der Waals surface area contributed by atoms with Crippen LogP contribution in [0.25, 0.3) is 10.9 Å². The molecule has 0 saturated carbocycles. The number of amides is 1. The molecular weight excluding hydrogens is 368 g/mol. The molecule has 7 heteroatoms. The Labute approximate surface area is 171 Å². The number of fused-ring (bicyclic) bond motifs is 1. The van der Waals surface area contributed by atoms with Crippen LogP contribution in [-0.4, -0.2) is 58.2 Å². The first-order chi connectivity index (χ1) is 14.0. The Bertz CT molecular complexity index is 849. The molecule has 0 bridgehead atoms. The number of benzene rings is 1. The summed E-state index contributed by atoms with van der Waals surface area (Å²) in [7, 11) is 0. The number of carbonyl (C=O) groups excluding carboxylic acids is 1. The molecule has 2 unspecified atom stereocenters. The Balaban J connectivity index is 1.36. The molecule has 0 aliphatic carbocycles. The van der Waals surface area contributed by atoms with Gasteiger partial charge in [0.2, 0.25) is 0 Å². The number of carbonyl (C=O) groups is 1. The Hall–Kier alpha value is -1.96. The van der Waals surface area contributed by atoms with Crippen LogP contribution in [0.3, 0.4) is 0 Å². The fraction of sp³-hybridized carbons (Fsp3) is 0.636. The first-order valence-electron chi connectivity index (χ1n) is 10.8. The SMILES string of the molecule is CC(C)n1nc(C(=O)NC2CCC(CC3(O)CCOCC3)NC2)c2ccccc21. The Kier molecular flexibility index (Phi) is 5.90. The number of piperidine rings is 1. The molecule has 2 aromatic rings. The van der Waals surface area contributed by atoms with Crippen LogP contribution in [0, 0.1) is 0 Å². The van der Waals surface area contributed by atoms with Gasteiger partial charge in [-0.15, -0.1) is 0 Å². The van der Waals surface area contributed by atoms with Gasteiger partial charge in [-0.1, -0.05) is 18.2 Å². The highest BCUT2D eigenvalue weighted by molar-refractivity contribution is 6.05. The highest BCUT2D eigenvalue weighted by Crippen LogP contribution is 2.28. The molecular formula is C22H32N4O3. The molecule has 7 nitrogen and oxygen atoms in total. The normalized spacial score (nSPS) is 24.7. The second-order valence-electron chi connectivity index (χ2n) is 8.80. The minimum Gasteiger partial charge on any atom is -0.390 e. The lowest BCUT2D eigenvalue weighted by atomic mass is 9.84. The lowest BCUT2D eigenvalue weighted by molar-refractivity contribution is -0.0742. The maximum atomic E-state index is 12.9. The van der Waals surface area contributed by atoms with E-state index in [0.717, 1.165) is 30.2 Å². The van der Waals surface area contributed by atoms with Crippen LogP contribution in [0.15, 0.2) is 24.3 Å². The van der Waals surface area contributed by atoms with Crippen molar-refractivity contribution in [2.24, 2.45) is 0 Å². The van der Waals surface area contributed by atoms with Gasteiger partial charge in [-0.05, 0) is 52.0 Å². The molecule has 3 heterocycles. The van der Waals surface area contributed by atoms with E-state index in [1.165, 1.54) is 0 Å². The number of hydrogen-bond donors (Lipinski definition) is 3. The van der Waals surface area contributed by atoms with Crippen molar-refractivity contribution in [1.29, 1.82) is 0 Å². The van der Waals surface area contributed by atoms with Crippen molar-refractivity contribution in [2.45, 2.75) is 69.7 Å². The Morgan fingerprint density at radius 2 is 2.10 bits per heavy atom. The standard InChI is InChI=1S/C22H32N4O3/c1-15(2)26-19-6-4-3-5-18(19)20(25-26)21(27)24-17-8-7-16(23-14-17)13-22(28)9-11-29-12-10-22/h3-6,15-17,23,28H,7-14H2,1-2H3,(H,24,27). The van der Waals surface area contributed by atoms with Crippen LogP contribution < -0.4 is 10.6 Å². The molecule has 3 N–H and O–H groups in total. The van der Waals surface area contributed by atoms with Crippen molar-refractivity contribution in [3.05, 3.63) is 30.0 Å². The van der Waals surface area contributed by atoms with Gasteiger partial charge in [0, 0.05) is 43.3 Å². The zero-order valence-electron chi connectivity index (χ0n) is 17.4. The minimum atomic E-state index is -0.616. The highest BCUT2D eigenvalue weighted by atomic mass is 16.5. The number of rotatable bonds is 5. The number of para-hydroxylation sites is 1. The maximum absolute atomic E-state index is 12.9. The highest BCUT2D eigenvalue weighted by Gasteiger charge is 2.34. The third kappa shape index (κ3) is 4.47. The number of hydrogen-bond acceptors (Lipinski definition) is 5. The third-order valence-electron chi connectivity index (χ3n) is 6.22. The van der Waals surface area contributed by atoms with Crippen LogP contribution in [0.1, 0.15) is 62.5 Å². The zero-order valence-corrected chi connectivity index (χ0v) is 17.4. The quantitative estimate of drug-likeness (QED) is 0.717. The third-order valence-corrected chi connectivity index (χ3v) is 6.22. The van der Waals surface area contributed by atoms with Crippen molar-refractivity contribution >= 4 is 16.8 Å². The first-order valence-corrected chi connectivity index (χ1v) is 10.8. The predicted molar refractivity (Wildman–Crippen MR) is 112 cm³/mol. The van der Waals surface area contributed by atoms with Crippen LogP contribution in [0.4, 0.5) is 0 Å². The summed E-state index contributed by atoms with van der Waals surface area (Å²) >= 11 is 0. The number of ether oxygens (including phenoxy) is 1. The summed E-state index contributed by atoms with van der Waals surface area (Å²) in [5.74, 6) is -0.117. The fourth-order valence-corrected chi connectivity index (χ4v) is 4.53. The van der Waals surface area contributed by atoms with Crippen molar-refractivity contribution in [3.63, 3.8) is 0 Å². The summed E-state index contributed by atoms with van der Waals surface area (Å²) in [6.45, 7) is 6.13. The van der Waals surface area contributed by atoms with Crippen LogP contribution in [0.2, 0.25) is 0 Å². The molecule has 1 amide bonds. The molecule has 2 aliphatic heterocycles. The summed E-state index contributed by atoms with van der Waals surface area (Å²) in [5.41, 5.74) is 0.862. The average molecular weight is 401 g/mol. The summed E-state index contributed by atoms with van der Waals surface area (Å²) < 4.78 is 7.28. The summed E-state index contributed by atoms with van der Waals surface area (Å²) in [6, 6.07) is 8.43. The molecule has 2 aliphatic rings. The van der Waals surface area contributed by atoms with E-state index >= 15 is 0 Å². The van der Waals surface area contributed by atoms with Gasteiger partial charge in [0.1, 0.15) is 0 Å². The van der Waals surface area contributed by atoms with E-state index in [2.05, 4.69) is 29.6 Å². The lowest BCUT2D eigenvalue weighted by Gasteiger charge is -2.38. The van der Waals surface area contributed by atoms with Gasteiger partial charge < -0.3 is 20.5 Å². The van der Waals surface area contributed by atoms with Crippen LogP contribution in [0.5, 0.6) is 0 Å². The Morgan fingerprint density at radius 3 is 2.79 bits per heavy atom. The van der Waals surface area contributed by atoms with Gasteiger partial charge in [0.15, 0.2) is 5.69 Å². The van der Waals surface area contributed by atoms with Gasteiger partial charge >= 0.3 is 0 Å². The number of nitrogens with zero attached hydrogens (tertiary/aromatic N) is 2. The number of aromatic nitrogens is 2. The van der Waals surface area contributed by atoms with Crippen molar-refractivity contribution in [3.8, 4) is 0 Å². The molecule has 2 atom stereocenters. The topological polar surface area (TPSA) is 88.4 Å². The summed E-state index contributed by atoms with van der Waals surface area (Å²) in [4.78, 5) is 12.9. The molecule has 1 aromatic carbocycles. The van der Waals surface area contributed by atoms with E-state index in [1.54, 1.807) is 0 Å². The second-order valence-corrected chi connectivity index (χ2v) is 8.80. The predicted octanol–water partition coefficient (Wildman–Crippen LogP) is 2.40. The second kappa shape index (κ2) is 8.42. The molecule has 2 fully saturated rings. The molecule has 1 aromatic heterocycles.